The van der Waals surface area contributed by atoms with E-state index in [1.807, 2.05) is 0 Å². The van der Waals surface area contributed by atoms with Crippen LogP contribution < -0.4 is 20.5 Å². The SMILES string of the molecule is COc1cc(-c2nc(C3(N)CCCC3)no2)cc(NC(C)=O)c1OC.Cl. The molecule has 1 aromatic heterocycles. The largest absolute Gasteiger partial charge is 0.493 e. The molecule has 0 radical (unpaired) electrons. The van der Waals surface area contributed by atoms with E-state index >= 15 is 0 Å². The van der Waals surface area contributed by atoms with Gasteiger partial charge in [-0.3, -0.25) is 4.79 Å². The summed E-state index contributed by atoms with van der Waals surface area (Å²) in [6.45, 7) is 1.42. The first kappa shape index (κ1) is 20.0. The maximum atomic E-state index is 11.5. The topological polar surface area (TPSA) is 113 Å². The van der Waals surface area contributed by atoms with Crippen LogP contribution in [0.5, 0.6) is 11.5 Å². The van der Waals surface area contributed by atoms with E-state index in [1.165, 1.54) is 21.1 Å². The van der Waals surface area contributed by atoms with Crippen molar-refractivity contribution in [1.82, 2.24) is 10.1 Å². The number of hydrogen-bond donors (Lipinski definition) is 2. The van der Waals surface area contributed by atoms with Crippen LogP contribution in [0, 0.1) is 0 Å². The highest BCUT2D eigenvalue weighted by molar-refractivity contribution is 5.92. The molecule has 2 aromatic rings. The number of nitrogens with zero attached hydrogens (tertiary/aromatic N) is 2. The molecule has 0 aliphatic heterocycles. The quantitative estimate of drug-likeness (QED) is 0.817. The van der Waals surface area contributed by atoms with Crippen molar-refractivity contribution in [3.63, 3.8) is 0 Å². The predicted molar refractivity (Wildman–Crippen MR) is 98.7 cm³/mol. The van der Waals surface area contributed by atoms with E-state index in [9.17, 15) is 4.79 Å². The number of hydrogen-bond acceptors (Lipinski definition) is 7. The third-order valence-electron chi connectivity index (χ3n) is 4.40. The van der Waals surface area contributed by atoms with Gasteiger partial charge >= 0.3 is 0 Å². The number of carbonyl (C=O) groups excluding carboxylic acids is 1. The van der Waals surface area contributed by atoms with E-state index in [-0.39, 0.29) is 18.3 Å². The van der Waals surface area contributed by atoms with Crippen LogP contribution in [0.1, 0.15) is 38.4 Å². The Labute approximate surface area is 157 Å². The van der Waals surface area contributed by atoms with Crippen molar-refractivity contribution in [2.75, 3.05) is 19.5 Å². The van der Waals surface area contributed by atoms with E-state index in [4.69, 9.17) is 19.7 Å². The van der Waals surface area contributed by atoms with E-state index < -0.39 is 5.54 Å². The number of carbonyl (C=O) groups is 1. The monoisotopic (exact) mass is 382 g/mol. The summed E-state index contributed by atoms with van der Waals surface area (Å²) in [5, 5.41) is 6.78. The zero-order valence-electron chi connectivity index (χ0n) is 15.0. The first-order valence-electron chi connectivity index (χ1n) is 8.14. The zero-order valence-corrected chi connectivity index (χ0v) is 15.8. The molecule has 142 valence electrons. The Morgan fingerprint density at radius 1 is 1.27 bits per heavy atom. The molecular weight excluding hydrogens is 360 g/mol. The molecule has 3 N–H and O–H groups in total. The van der Waals surface area contributed by atoms with Gasteiger partial charge in [0.25, 0.3) is 5.89 Å². The van der Waals surface area contributed by atoms with Gasteiger partial charge in [-0.15, -0.1) is 12.4 Å². The van der Waals surface area contributed by atoms with Gasteiger partial charge in [0.1, 0.15) is 0 Å². The molecule has 1 aliphatic carbocycles. The standard InChI is InChI=1S/C17H22N4O4.ClH/c1-10(22)19-12-8-11(9-13(23-2)14(12)24-3)15-20-16(21-25-15)17(18)6-4-5-7-17;/h8-9H,4-7,18H2,1-3H3,(H,19,22);1H. The van der Waals surface area contributed by atoms with Crippen LogP contribution >= 0.6 is 12.4 Å². The molecule has 3 rings (SSSR count). The Balaban J connectivity index is 0.00000243. The van der Waals surface area contributed by atoms with Gasteiger partial charge in [0.2, 0.25) is 5.91 Å². The van der Waals surface area contributed by atoms with Gasteiger partial charge in [-0.1, -0.05) is 18.0 Å². The number of ether oxygens (including phenoxy) is 2. The zero-order chi connectivity index (χ0) is 18.0. The van der Waals surface area contributed by atoms with Crippen LogP contribution in [-0.2, 0) is 10.3 Å². The number of nitrogens with two attached hydrogens (primary N) is 1. The lowest BCUT2D eigenvalue weighted by Gasteiger charge is -2.17. The first-order valence-corrected chi connectivity index (χ1v) is 8.14. The Kier molecular flexibility index (Phi) is 6.09. The van der Waals surface area contributed by atoms with Gasteiger partial charge in [-0.2, -0.15) is 4.98 Å². The van der Waals surface area contributed by atoms with Crippen molar-refractivity contribution in [2.45, 2.75) is 38.1 Å². The van der Waals surface area contributed by atoms with Crippen molar-refractivity contribution >= 4 is 24.0 Å². The van der Waals surface area contributed by atoms with Crippen molar-refractivity contribution in [1.29, 1.82) is 0 Å². The van der Waals surface area contributed by atoms with Crippen LogP contribution in [0.2, 0.25) is 0 Å². The third-order valence-corrected chi connectivity index (χ3v) is 4.40. The molecule has 8 nitrogen and oxygen atoms in total. The lowest BCUT2D eigenvalue weighted by molar-refractivity contribution is -0.114. The Morgan fingerprint density at radius 2 is 1.96 bits per heavy atom. The molecule has 0 spiro atoms. The second-order valence-corrected chi connectivity index (χ2v) is 6.23. The fourth-order valence-corrected chi connectivity index (χ4v) is 3.14. The van der Waals surface area contributed by atoms with Gasteiger partial charge in [-0.25, -0.2) is 0 Å². The predicted octanol–water partition coefficient (Wildman–Crippen LogP) is 2.86. The van der Waals surface area contributed by atoms with Gasteiger partial charge in [-0.05, 0) is 25.0 Å². The lowest BCUT2D eigenvalue weighted by atomic mass is 9.98. The molecule has 1 fully saturated rings. The van der Waals surface area contributed by atoms with Gasteiger partial charge in [0, 0.05) is 12.5 Å². The molecule has 9 heteroatoms. The minimum atomic E-state index is -0.529. The Morgan fingerprint density at radius 3 is 2.54 bits per heavy atom. The molecule has 1 heterocycles. The van der Waals surface area contributed by atoms with Gasteiger partial charge in [0.15, 0.2) is 17.3 Å². The number of nitrogens with one attached hydrogen (secondary N) is 1. The molecule has 26 heavy (non-hydrogen) atoms. The number of halogens is 1. The van der Waals surface area contributed by atoms with E-state index in [0.29, 0.717) is 34.5 Å². The average Bonchev–Trinajstić information content (AvgIpc) is 3.23. The van der Waals surface area contributed by atoms with E-state index in [0.717, 1.165) is 25.7 Å². The van der Waals surface area contributed by atoms with Crippen molar-refractivity contribution in [2.24, 2.45) is 5.73 Å². The fourth-order valence-electron chi connectivity index (χ4n) is 3.14. The van der Waals surface area contributed by atoms with Crippen LogP contribution in [0.25, 0.3) is 11.5 Å². The summed E-state index contributed by atoms with van der Waals surface area (Å²) in [5.41, 5.74) is 6.93. The Bertz CT molecular complexity index is 787. The number of rotatable bonds is 5. The third kappa shape index (κ3) is 3.76. The number of anilines is 1. The number of aromatic nitrogens is 2. The molecule has 1 aromatic carbocycles. The van der Waals surface area contributed by atoms with Crippen LogP contribution in [0.3, 0.4) is 0 Å². The summed E-state index contributed by atoms with van der Waals surface area (Å²) >= 11 is 0. The average molecular weight is 383 g/mol. The highest BCUT2D eigenvalue weighted by Crippen LogP contribution is 2.40. The molecule has 0 saturated heterocycles. The fraction of sp³-hybridized carbons (Fsp3) is 0.471. The van der Waals surface area contributed by atoms with Gasteiger partial charge < -0.3 is 25.0 Å². The first-order chi connectivity index (χ1) is 12.0. The van der Waals surface area contributed by atoms with Crippen molar-refractivity contribution in [3.8, 4) is 23.0 Å². The normalized spacial score (nSPS) is 15.2. The molecular formula is C17H23ClN4O4. The number of amides is 1. The van der Waals surface area contributed by atoms with Crippen molar-refractivity contribution < 1.29 is 18.8 Å². The van der Waals surface area contributed by atoms with E-state index in [1.54, 1.807) is 12.1 Å². The molecule has 0 bridgehead atoms. The van der Waals surface area contributed by atoms with Crippen LogP contribution in [0.4, 0.5) is 5.69 Å². The molecule has 1 aliphatic rings. The summed E-state index contributed by atoms with van der Waals surface area (Å²) in [5.74, 6) is 1.48. The van der Waals surface area contributed by atoms with Crippen molar-refractivity contribution in [3.05, 3.63) is 18.0 Å². The minimum Gasteiger partial charge on any atom is -0.493 e. The molecule has 0 unspecified atom stereocenters. The highest BCUT2D eigenvalue weighted by atomic mass is 35.5. The van der Waals surface area contributed by atoms with Gasteiger partial charge in [0.05, 0.1) is 25.4 Å². The second kappa shape index (κ2) is 7.92. The summed E-state index contributed by atoms with van der Waals surface area (Å²) < 4.78 is 16.1. The van der Waals surface area contributed by atoms with Crippen LogP contribution in [0.15, 0.2) is 16.7 Å². The maximum Gasteiger partial charge on any atom is 0.258 e. The van der Waals surface area contributed by atoms with Crippen LogP contribution in [-0.4, -0.2) is 30.3 Å². The smallest absolute Gasteiger partial charge is 0.258 e. The summed E-state index contributed by atoms with van der Waals surface area (Å²) in [4.78, 5) is 15.9. The lowest BCUT2D eigenvalue weighted by Crippen LogP contribution is -2.34. The molecule has 1 saturated carbocycles. The molecule has 1 amide bonds. The second-order valence-electron chi connectivity index (χ2n) is 6.23. The van der Waals surface area contributed by atoms with E-state index in [2.05, 4.69) is 15.5 Å². The number of methoxy groups -OCH3 is 2. The number of benzene rings is 1. The summed E-state index contributed by atoms with van der Waals surface area (Å²) in [6, 6.07) is 3.43. The molecule has 0 atom stereocenters. The minimum absolute atomic E-state index is 0. The maximum absolute atomic E-state index is 11.5. The summed E-state index contributed by atoms with van der Waals surface area (Å²) in [6.07, 6.45) is 3.80. The summed E-state index contributed by atoms with van der Waals surface area (Å²) in [7, 11) is 3.03. The highest BCUT2D eigenvalue weighted by Gasteiger charge is 2.36. The Hall–Kier alpha value is -2.32.